The molecule has 1 heterocycles. The summed E-state index contributed by atoms with van der Waals surface area (Å²) >= 11 is 0. The first-order chi connectivity index (χ1) is 18.3. The van der Waals surface area contributed by atoms with E-state index in [4.69, 9.17) is 25.7 Å². The highest BCUT2D eigenvalue weighted by Crippen LogP contribution is 2.28. The average molecular weight is 546 g/mol. The summed E-state index contributed by atoms with van der Waals surface area (Å²) in [5.41, 5.74) is 11.9. The molecule has 11 nitrogen and oxygen atoms in total. The zero-order chi connectivity index (χ0) is 29.4. The highest BCUT2D eigenvalue weighted by atomic mass is 16.6. The van der Waals surface area contributed by atoms with Crippen LogP contribution in [0.1, 0.15) is 40.5 Å². The molecule has 0 radical (unpaired) electrons. The van der Waals surface area contributed by atoms with Crippen LogP contribution in [0.5, 0.6) is 0 Å². The number of Topliss-reactive ketones (excluding diaryl/α,β-unsaturated/α-hetero) is 1. The Morgan fingerprint density at radius 1 is 1.13 bits per heavy atom. The second kappa shape index (κ2) is 14.0. The minimum Gasteiger partial charge on any atom is -0.439 e. The lowest BCUT2D eigenvalue weighted by Crippen LogP contribution is -2.37. The Morgan fingerprint density at radius 2 is 1.79 bits per heavy atom. The Hall–Kier alpha value is -3.54. The van der Waals surface area contributed by atoms with E-state index in [0.717, 1.165) is 6.08 Å². The zero-order valence-electron chi connectivity index (χ0n) is 23.2. The van der Waals surface area contributed by atoms with Gasteiger partial charge in [0.05, 0.1) is 23.6 Å². The number of rotatable bonds is 3. The van der Waals surface area contributed by atoms with Crippen LogP contribution in [0.2, 0.25) is 0 Å². The molecule has 0 saturated carbocycles. The highest BCUT2D eigenvalue weighted by molar-refractivity contribution is 6.23. The Labute approximate surface area is 228 Å². The number of fused-ring (bicyclic) bond motifs is 2. The Kier molecular flexibility index (Phi) is 11.4. The summed E-state index contributed by atoms with van der Waals surface area (Å²) < 4.78 is 16.4. The third-order valence-electron chi connectivity index (χ3n) is 6.84. The van der Waals surface area contributed by atoms with E-state index in [9.17, 15) is 24.3 Å². The van der Waals surface area contributed by atoms with Crippen LogP contribution in [0.25, 0.3) is 0 Å². The maximum Gasteiger partial charge on any atom is 0.405 e. The number of nitrogens with two attached hydrogens (primary N) is 2. The van der Waals surface area contributed by atoms with Crippen molar-refractivity contribution >= 4 is 23.6 Å². The molecule has 214 valence electrons. The van der Waals surface area contributed by atoms with Crippen LogP contribution in [0.15, 0.2) is 58.5 Å². The lowest BCUT2D eigenvalue weighted by molar-refractivity contribution is -0.120. The van der Waals surface area contributed by atoms with Crippen molar-refractivity contribution in [1.82, 2.24) is 5.32 Å². The van der Waals surface area contributed by atoms with Gasteiger partial charge < -0.3 is 36.1 Å². The minimum atomic E-state index is -1.00. The van der Waals surface area contributed by atoms with E-state index in [2.05, 4.69) is 5.32 Å². The summed E-state index contributed by atoms with van der Waals surface area (Å²) in [5.74, 6) is -2.37. The Bertz CT molecular complexity index is 1130. The number of carbonyl (C=O) groups is 4. The molecular formula is C28H39N3O8. The van der Waals surface area contributed by atoms with Gasteiger partial charge in [-0.15, -0.1) is 0 Å². The van der Waals surface area contributed by atoms with Gasteiger partial charge in [0.25, 0.3) is 5.91 Å². The molecule has 39 heavy (non-hydrogen) atoms. The number of hydrogen-bond donors (Lipinski definition) is 4. The second-order valence-electron chi connectivity index (χ2n) is 9.97. The molecule has 2 aliphatic rings. The number of amides is 2. The fourth-order valence-electron chi connectivity index (χ4n) is 4.61. The van der Waals surface area contributed by atoms with Crippen LogP contribution in [-0.4, -0.2) is 67.3 Å². The summed E-state index contributed by atoms with van der Waals surface area (Å²) in [6.07, 6.45) is 3.55. The van der Waals surface area contributed by atoms with E-state index in [1.54, 1.807) is 26.0 Å². The fraction of sp³-hybridized carbons (Fsp3) is 0.500. The topological polar surface area (TPSA) is 180 Å². The number of hydrogen-bond acceptors (Lipinski definition) is 9. The zero-order valence-corrected chi connectivity index (χ0v) is 23.2. The van der Waals surface area contributed by atoms with E-state index in [1.165, 1.54) is 33.3 Å². The first-order valence-electron chi connectivity index (χ1n) is 12.6. The molecule has 11 heteroatoms. The molecule has 2 bridgehead atoms. The molecule has 1 unspecified atom stereocenters. The number of allylic oxidation sites excluding steroid dienone is 4. The molecule has 0 spiro atoms. The number of ether oxygens (including phenoxy) is 3. The second-order valence-corrected chi connectivity index (χ2v) is 9.97. The first kappa shape index (κ1) is 31.7. The smallest absolute Gasteiger partial charge is 0.405 e. The van der Waals surface area contributed by atoms with Crippen LogP contribution in [0, 0.1) is 11.8 Å². The molecule has 6 atom stereocenters. The number of aliphatic hydroxyl groups is 1. The van der Waals surface area contributed by atoms with Gasteiger partial charge >= 0.3 is 6.09 Å². The molecule has 2 rings (SSSR count). The summed E-state index contributed by atoms with van der Waals surface area (Å²) in [6, 6.07) is 0. The summed E-state index contributed by atoms with van der Waals surface area (Å²) in [4.78, 5) is 50.1. The van der Waals surface area contributed by atoms with Gasteiger partial charge in [-0.3, -0.25) is 14.4 Å². The summed E-state index contributed by atoms with van der Waals surface area (Å²) in [5, 5.41) is 13.6. The molecular weight excluding hydrogens is 506 g/mol. The predicted molar refractivity (Wildman–Crippen MR) is 144 cm³/mol. The monoisotopic (exact) mass is 545 g/mol. The average Bonchev–Trinajstić information content (AvgIpc) is 2.88. The molecule has 0 aromatic heterocycles. The molecule has 1 aliphatic carbocycles. The van der Waals surface area contributed by atoms with Gasteiger partial charge in [-0.1, -0.05) is 38.2 Å². The quantitative estimate of drug-likeness (QED) is 0.303. The van der Waals surface area contributed by atoms with Gasteiger partial charge in [0, 0.05) is 37.4 Å². The maximum absolute atomic E-state index is 13.2. The van der Waals surface area contributed by atoms with E-state index in [-0.39, 0.29) is 34.9 Å². The third kappa shape index (κ3) is 8.22. The number of methoxy groups -OCH3 is 2. The molecule has 0 aromatic rings. The molecule has 2 amide bonds. The van der Waals surface area contributed by atoms with E-state index in [1.807, 2.05) is 6.92 Å². The van der Waals surface area contributed by atoms with Gasteiger partial charge in [0.2, 0.25) is 11.6 Å². The number of aliphatic hydroxyl groups excluding tert-OH is 1. The largest absolute Gasteiger partial charge is 0.439 e. The summed E-state index contributed by atoms with van der Waals surface area (Å²) in [6.45, 7) is 6.89. The van der Waals surface area contributed by atoms with Crippen LogP contribution >= 0.6 is 0 Å². The fourth-order valence-corrected chi connectivity index (χ4v) is 4.61. The van der Waals surface area contributed by atoms with E-state index < -0.39 is 53.9 Å². The molecule has 0 saturated heterocycles. The van der Waals surface area contributed by atoms with Crippen molar-refractivity contribution < 1.29 is 38.5 Å². The molecule has 0 aromatic carbocycles. The summed E-state index contributed by atoms with van der Waals surface area (Å²) in [7, 11) is 2.90. The van der Waals surface area contributed by atoms with Gasteiger partial charge in [0.1, 0.15) is 6.10 Å². The number of carbonyl (C=O) groups excluding carboxylic acids is 4. The van der Waals surface area contributed by atoms with Crippen LogP contribution in [0.3, 0.4) is 0 Å². The van der Waals surface area contributed by atoms with Crippen molar-refractivity contribution in [2.45, 2.75) is 65.0 Å². The van der Waals surface area contributed by atoms with Crippen LogP contribution in [0.4, 0.5) is 4.79 Å². The number of nitrogens with one attached hydrogen (secondary N) is 1. The molecule has 0 fully saturated rings. The number of primary amides is 1. The highest BCUT2D eigenvalue weighted by Gasteiger charge is 2.32. The van der Waals surface area contributed by atoms with Crippen molar-refractivity contribution in [2.24, 2.45) is 23.3 Å². The molecule has 6 N–H and O–H groups in total. The predicted octanol–water partition coefficient (Wildman–Crippen LogP) is 1.72. The van der Waals surface area contributed by atoms with Crippen LogP contribution < -0.4 is 16.8 Å². The first-order valence-corrected chi connectivity index (χ1v) is 12.6. The van der Waals surface area contributed by atoms with E-state index in [0.29, 0.717) is 12.0 Å². The van der Waals surface area contributed by atoms with Crippen molar-refractivity contribution in [3.63, 3.8) is 0 Å². The van der Waals surface area contributed by atoms with Crippen molar-refractivity contribution in [1.29, 1.82) is 0 Å². The SMILES string of the molecule is CO[C@@H]1C=C/C=C(\C)C(=O)NC2=CC(=O)C(N)=C(C[C@H](C)C[C@@H](OC)[C@@H](O)[C@H](C)/C=C(/C)C1OC(N)=O)C2=O. The standard InChI is InChI=1S/C28H39N3O8/c1-14-10-18-23(29)20(32)13-19(25(18)34)31-27(35)15(2)8-7-9-21(37-5)26(39-28(30)36)17(4)12-16(3)24(33)22(11-14)38-6/h7-9,12-14,16,21-22,24,26,33H,10-11,29H2,1-6H3,(H2,30,36)(H,31,35)/b9-7?,15-8+,17-12-/t14-,16+,21+,22+,24-,26?/m0/s1. The van der Waals surface area contributed by atoms with Crippen molar-refractivity contribution in [2.75, 3.05) is 14.2 Å². The Morgan fingerprint density at radius 3 is 2.38 bits per heavy atom. The number of ketones is 2. The van der Waals surface area contributed by atoms with Gasteiger partial charge in [-0.05, 0) is 38.2 Å². The van der Waals surface area contributed by atoms with Crippen LogP contribution in [-0.2, 0) is 28.6 Å². The van der Waals surface area contributed by atoms with Gasteiger partial charge in [0.15, 0.2) is 6.10 Å². The van der Waals surface area contributed by atoms with E-state index >= 15 is 0 Å². The van der Waals surface area contributed by atoms with Gasteiger partial charge in [-0.25, -0.2) is 4.79 Å². The normalized spacial score (nSPS) is 32.5. The lowest BCUT2D eigenvalue weighted by Gasteiger charge is -2.29. The van der Waals surface area contributed by atoms with Gasteiger partial charge in [-0.2, -0.15) is 0 Å². The third-order valence-corrected chi connectivity index (χ3v) is 6.84. The Balaban J connectivity index is 2.58. The maximum atomic E-state index is 13.2. The minimum absolute atomic E-state index is 0.104. The van der Waals surface area contributed by atoms with Crippen molar-refractivity contribution in [3.8, 4) is 0 Å². The lowest BCUT2D eigenvalue weighted by atomic mass is 9.85. The molecule has 1 aliphatic heterocycles. The van der Waals surface area contributed by atoms with Crippen molar-refractivity contribution in [3.05, 3.63) is 58.5 Å².